The third kappa shape index (κ3) is 4.68. The molecule has 0 bridgehead atoms. The van der Waals surface area contributed by atoms with Gasteiger partial charge in [0.05, 0.1) is 22.3 Å². The van der Waals surface area contributed by atoms with E-state index in [2.05, 4.69) is 90.8 Å². The zero-order valence-electron chi connectivity index (χ0n) is 20.7. The molecule has 0 radical (unpaired) electrons. The van der Waals surface area contributed by atoms with Crippen molar-refractivity contribution >= 4 is 45.4 Å². The van der Waals surface area contributed by atoms with Crippen molar-refractivity contribution in [1.29, 1.82) is 0 Å². The van der Waals surface area contributed by atoms with Crippen LogP contribution in [-0.4, -0.2) is 30.8 Å². The van der Waals surface area contributed by atoms with E-state index >= 15 is 0 Å². The molecule has 5 nitrogen and oxygen atoms in total. The van der Waals surface area contributed by atoms with Gasteiger partial charge in [-0.15, -0.1) is 11.8 Å². The molecule has 0 aliphatic carbocycles. The van der Waals surface area contributed by atoms with Gasteiger partial charge in [0.1, 0.15) is 6.04 Å². The van der Waals surface area contributed by atoms with E-state index in [-0.39, 0.29) is 11.3 Å². The number of hydrogen-bond acceptors (Lipinski definition) is 5. The first kappa shape index (κ1) is 23.3. The van der Waals surface area contributed by atoms with Crippen LogP contribution >= 0.6 is 11.8 Å². The van der Waals surface area contributed by atoms with Gasteiger partial charge in [-0.05, 0) is 48.0 Å². The average Bonchev–Trinajstić information content (AvgIpc) is 3.29. The minimum Gasteiger partial charge on any atom is -0.378 e. The Bertz CT molecular complexity index is 1590. The number of benzene rings is 4. The van der Waals surface area contributed by atoms with Gasteiger partial charge in [0, 0.05) is 47.3 Å². The molecule has 2 atom stereocenters. The highest BCUT2D eigenvalue weighted by molar-refractivity contribution is 7.99. The smallest absolute Gasteiger partial charge is 0.130 e. The molecule has 0 amide bonds. The summed E-state index contributed by atoms with van der Waals surface area (Å²) < 4.78 is 0. The van der Waals surface area contributed by atoms with Crippen LogP contribution in [0.15, 0.2) is 129 Å². The Balaban J connectivity index is 1.55. The second-order valence-electron chi connectivity index (χ2n) is 9.23. The van der Waals surface area contributed by atoms with Crippen molar-refractivity contribution < 1.29 is 0 Å². The molecule has 6 rings (SSSR count). The number of aromatic amines is 1. The second kappa shape index (κ2) is 10.1. The minimum absolute atomic E-state index is 0.0141. The molecule has 1 aromatic heterocycles. The van der Waals surface area contributed by atoms with Gasteiger partial charge >= 0.3 is 0 Å². The monoisotopic (exact) mass is 501 g/mol. The molecule has 0 saturated carbocycles. The molecule has 0 saturated heterocycles. The first-order chi connectivity index (χ1) is 18.2. The van der Waals surface area contributed by atoms with E-state index in [1.807, 2.05) is 42.5 Å². The van der Waals surface area contributed by atoms with Crippen LogP contribution in [0.1, 0.15) is 16.4 Å². The van der Waals surface area contributed by atoms with Crippen LogP contribution in [0.4, 0.5) is 17.1 Å². The van der Waals surface area contributed by atoms with Crippen LogP contribution in [0, 0.1) is 0 Å². The first-order valence-corrected chi connectivity index (χ1v) is 13.2. The number of anilines is 1. The number of hydrogen-bond donors (Lipinski definition) is 1. The van der Waals surface area contributed by atoms with Crippen LogP contribution in [0.25, 0.3) is 10.9 Å². The number of nitrogens with one attached hydrogen (secondary N) is 1. The third-order valence-electron chi connectivity index (χ3n) is 6.58. The van der Waals surface area contributed by atoms with Crippen molar-refractivity contribution in [2.75, 3.05) is 19.0 Å². The predicted molar refractivity (Wildman–Crippen MR) is 155 cm³/mol. The second-order valence-corrected chi connectivity index (χ2v) is 10.4. The fourth-order valence-electron chi connectivity index (χ4n) is 4.64. The Morgan fingerprint density at radius 2 is 1.54 bits per heavy atom. The van der Waals surface area contributed by atoms with Gasteiger partial charge in [-0.25, -0.2) is 4.99 Å². The summed E-state index contributed by atoms with van der Waals surface area (Å²) >= 11 is 1.80. The number of H-pyrrole nitrogens is 1. The molecule has 6 heteroatoms. The number of azo groups is 1. The SMILES string of the molecule is CN(C)c1ccc(C2Sc3ccccc3N=C(c3c[nH]c4ccccc34)C2N=Nc2ccccc2)cc1. The van der Waals surface area contributed by atoms with Gasteiger partial charge in [0.15, 0.2) is 0 Å². The summed E-state index contributed by atoms with van der Waals surface area (Å²) in [5, 5.41) is 10.8. The van der Waals surface area contributed by atoms with Crippen molar-refractivity contribution in [2.45, 2.75) is 16.2 Å². The molecule has 37 heavy (non-hydrogen) atoms. The van der Waals surface area contributed by atoms with Gasteiger partial charge in [-0.2, -0.15) is 10.2 Å². The van der Waals surface area contributed by atoms with Crippen LogP contribution < -0.4 is 4.90 Å². The minimum atomic E-state index is -0.304. The standard InChI is InChI=1S/C31H27N5S/c1-36(2)23-18-16-21(17-19-23)31-30(35-34-22-10-4-3-5-11-22)29(33-27-14-8-9-15-28(27)37-31)25-20-32-26-13-7-6-12-24(25)26/h3-20,30-32H,1-2H3. The lowest BCUT2D eigenvalue weighted by Gasteiger charge is -2.23. The number of aromatic nitrogens is 1. The maximum atomic E-state index is 5.26. The lowest BCUT2D eigenvalue weighted by molar-refractivity contribution is 0.785. The summed E-state index contributed by atoms with van der Waals surface area (Å²) in [5.74, 6) is 0. The molecule has 2 unspecified atom stereocenters. The molecule has 1 aliphatic heterocycles. The zero-order chi connectivity index (χ0) is 25.2. The van der Waals surface area contributed by atoms with E-state index < -0.39 is 0 Å². The lowest BCUT2D eigenvalue weighted by atomic mass is 9.96. The molecule has 5 aromatic rings. The first-order valence-electron chi connectivity index (χ1n) is 12.3. The number of nitrogens with zero attached hydrogens (tertiary/aromatic N) is 4. The van der Waals surface area contributed by atoms with E-state index in [0.29, 0.717) is 0 Å². The summed E-state index contributed by atoms with van der Waals surface area (Å²) in [5.41, 5.74) is 7.19. The Hall–Kier alpha value is -4.16. The van der Waals surface area contributed by atoms with Crippen LogP contribution in [0.2, 0.25) is 0 Å². The lowest BCUT2D eigenvalue weighted by Crippen LogP contribution is -2.25. The largest absolute Gasteiger partial charge is 0.378 e. The van der Waals surface area contributed by atoms with E-state index in [0.717, 1.165) is 44.1 Å². The summed E-state index contributed by atoms with van der Waals surface area (Å²) in [6, 6.07) is 35.1. The van der Waals surface area contributed by atoms with Gasteiger partial charge in [0.2, 0.25) is 0 Å². The Labute approximate surface area is 221 Å². The number of fused-ring (bicyclic) bond motifs is 2. The third-order valence-corrected chi connectivity index (χ3v) is 7.97. The average molecular weight is 502 g/mol. The molecule has 182 valence electrons. The number of aliphatic imine (C=N–C) groups is 1. The quantitative estimate of drug-likeness (QED) is 0.246. The van der Waals surface area contributed by atoms with Crippen LogP contribution in [0.5, 0.6) is 0 Å². The molecule has 0 spiro atoms. The molecule has 1 aliphatic rings. The topological polar surface area (TPSA) is 56.1 Å². The number of rotatable bonds is 5. The molecule has 1 N–H and O–H groups in total. The highest BCUT2D eigenvalue weighted by Crippen LogP contribution is 2.47. The van der Waals surface area contributed by atoms with Crippen LogP contribution in [-0.2, 0) is 0 Å². The predicted octanol–water partition coefficient (Wildman–Crippen LogP) is 8.35. The van der Waals surface area contributed by atoms with Crippen molar-refractivity contribution in [3.63, 3.8) is 0 Å². The Kier molecular flexibility index (Phi) is 6.33. The van der Waals surface area contributed by atoms with Crippen molar-refractivity contribution in [3.8, 4) is 0 Å². The van der Waals surface area contributed by atoms with E-state index in [9.17, 15) is 0 Å². The Morgan fingerprint density at radius 1 is 0.811 bits per heavy atom. The van der Waals surface area contributed by atoms with Gasteiger partial charge in [-0.3, -0.25) is 0 Å². The maximum Gasteiger partial charge on any atom is 0.130 e. The molecule has 4 aromatic carbocycles. The summed E-state index contributed by atoms with van der Waals surface area (Å²) in [4.78, 5) is 11.9. The van der Waals surface area contributed by atoms with Crippen molar-refractivity contribution in [3.05, 3.63) is 120 Å². The summed E-state index contributed by atoms with van der Waals surface area (Å²) in [7, 11) is 4.12. The van der Waals surface area contributed by atoms with Crippen molar-refractivity contribution in [2.24, 2.45) is 15.2 Å². The molecular formula is C31H27N5S. The highest BCUT2D eigenvalue weighted by atomic mass is 32.2. The molecule has 0 fully saturated rings. The van der Waals surface area contributed by atoms with E-state index in [1.165, 1.54) is 5.56 Å². The number of thioether (sulfide) groups is 1. The zero-order valence-corrected chi connectivity index (χ0v) is 21.6. The van der Waals surface area contributed by atoms with Gasteiger partial charge in [-0.1, -0.05) is 60.7 Å². The normalized spacial score (nSPS) is 17.4. The van der Waals surface area contributed by atoms with Gasteiger partial charge in [0.25, 0.3) is 0 Å². The summed E-state index contributed by atoms with van der Waals surface area (Å²) in [6.45, 7) is 0. The van der Waals surface area contributed by atoms with Gasteiger partial charge < -0.3 is 9.88 Å². The van der Waals surface area contributed by atoms with E-state index in [1.54, 1.807) is 11.8 Å². The highest BCUT2D eigenvalue weighted by Gasteiger charge is 2.34. The van der Waals surface area contributed by atoms with E-state index in [4.69, 9.17) is 15.2 Å². The molecular weight excluding hydrogens is 474 g/mol. The van der Waals surface area contributed by atoms with Crippen molar-refractivity contribution in [1.82, 2.24) is 4.98 Å². The fraction of sp³-hybridized carbons (Fsp3) is 0.129. The maximum absolute atomic E-state index is 5.26. The summed E-state index contributed by atoms with van der Waals surface area (Å²) in [6.07, 6.45) is 2.05. The van der Waals surface area contributed by atoms with Crippen LogP contribution in [0.3, 0.4) is 0 Å². The molecule has 2 heterocycles. The number of para-hydroxylation sites is 2. The Morgan fingerprint density at radius 3 is 2.35 bits per heavy atom. The fourth-order valence-corrected chi connectivity index (χ4v) is 5.91.